The molecule has 0 fully saturated rings. The van der Waals surface area contributed by atoms with Crippen LogP contribution in [0.3, 0.4) is 0 Å². The van der Waals surface area contributed by atoms with Crippen LogP contribution in [0.25, 0.3) is 43.8 Å². The van der Waals surface area contributed by atoms with Crippen molar-refractivity contribution in [2.24, 2.45) is 0 Å². The molecule has 0 atom stereocenters. The number of rotatable bonds is 6. The number of nitrogens with two attached hydrogens (primary N) is 4. The first-order valence-corrected chi connectivity index (χ1v) is 14.2. The maximum absolute atomic E-state index is 12.3. The zero-order valence-electron chi connectivity index (χ0n) is 25.0. The van der Waals surface area contributed by atoms with E-state index in [0.717, 1.165) is 22.6 Å². The summed E-state index contributed by atoms with van der Waals surface area (Å²) in [4.78, 5) is 48.5. The van der Waals surface area contributed by atoms with Gasteiger partial charge >= 0.3 is 23.9 Å². The van der Waals surface area contributed by atoms with Crippen LogP contribution in [0.4, 0.5) is 22.7 Å². The average molecular weight is 645 g/mol. The van der Waals surface area contributed by atoms with Crippen LogP contribution < -0.4 is 22.9 Å². The number of benzene rings is 6. The lowest BCUT2D eigenvalue weighted by Crippen LogP contribution is -2.18. The molecule has 0 unspecified atom stereocenters. The lowest BCUT2D eigenvalue weighted by molar-refractivity contribution is 0.0635. The fourth-order valence-electron chi connectivity index (χ4n) is 5.70. The Hall–Kier alpha value is -7.08. The summed E-state index contributed by atoms with van der Waals surface area (Å²) in [6.07, 6.45) is 0. The number of carboxylic acids is 4. The third-order valence-electron chi connectivity index (χ3n) is 7.83. The average Bonchev–Trinajstić information content (AvgIpc) is 3.07. The van der Waals surface area contributed by atoms with Crippen molar-refractivity contribution in [1.29, 1.82) is 0 Å². The number of aromatic carboxylic acids is 4. The topological polar surface area (TPSA) is 253 Å². The summed E-state index contributed by atoms with van der Waals surface area (Å²) in [6, 6.07) is 27.4. The number of carbonyl (C=O) groups is 4. The molecule has 0 heterocycles. The van der Waals surface area contributed by atoms with E-state index in [1.807, 2.05) is 30.3 Å². The fourth-order valence-corrected chi connectivity index (χ4v) is 5.70. The zero-order chi connectivity index (χ0) is 34.9. The Balaban J connectivity index is 0.000000236. The SMILES string of the molecule is Nc1cc(-c2ccccc2)c(N)c(N)c1N.O=C(O)c1c(C(=O)O)c(C(=O)O)c2c(C(=O)O)cccc2c1-c1cccc2ccccc12. The first-order chi connectivity index (χ1) is 22.8. The number of carboxylic acid groups (broad SMARTS) is 4. The van der Waals surface area contributed by atoms with Gasteiger partial charge in [0.25, 0.3) is 0 Å². The third kappa shape index (κ3) is 5.61. The molecule has 0 bridgehead atoms. The minimum absolute atomic E-state index is 0.0149. The van der Waals surface area contributed by atoms with Crippen molar-refractivity contribution in [2.45, 2.75) is 0 Å². The molecule has 0 radical (unpaired) electrons. The Labute approximate surface area is 272 Å². The van der Waals surface area contributed by atoms with E-state index in [1.165, 1.54) is 12.1 Å². The van der Waals surface area contributed by atoms with Crippen molar-refractivity contribution in [1.82, 2.24) is 0 Å². The van der Waals surface area contributed by atoms with Crippen molar-refractivity contribution in [3.63, 3.8) is 0 Å². The molecule has 0 aromatic heterocycles. The van der Waals surface area contributed by atoms with Gasteiger partial charge < -0.3 is 43.4 Å². The van der Waals surface area contributed by atoms with Gasteiger partial charge in [-0.15, -0.1) is 0 Å². The second-order valence-electron chi connectivity index (χ2n) is 10.6. The molecule has 6 rings (SSSR count). The van der Waals surface area contributed by atoms with Crippen LogP contribution in [0.2, 0.25) is 0 Å². The molecule has 48 heavy (non-hydrogen) atoms. The standard InChI is InChI=1S/C24H14O8.C12H14N4/c25-21(26)15-10-4-9-14-16(13-8-3-6-11-5-1-2-7-12(11)13)18(22(27)28)20(24(31)32)19(17(14)15)23(29)30;13-9-6-8(7-4-2-1-3-5-7)10(14)12(16)11(9)15/h1-10H,(H,25,26)(H,27,28)(H,29,30)(H,31,32);1-6H,13-16H2. The number of anilines is 4. The summed E-state index contributed by atoms with van der Waals surface area (Å²) in [5.74, 6) is -6.65. The van der Waals surface area contributed by atoms with E-state index in [0.29, 0.717) is 33.7 Å². The van der Waals surface area contributed by atoms with E-state index in [4.69, 9.17) is 22.9 Å². The molecule has 0 saturated carbocycles. The Morgan fingerprint density at radius 1 is 0.479 bits per heavy atom. The van der Waals surface area contributed by atoms with Crippen LogP contribution in [0.15, 0.2) is 97.1 Å². The Morgan fingerprint density at radius 3 is 1.67 bits per heavy atom. The highest BCUT2D eigenvalue weighted by molar-refractivity contribution is 6.26. The van der Waals surface area contributed by atoms with E-state index >= 15 is 0 Å². The quantitative estimate of drug-likeness (QED) is 0.0952. The van der Waals surface area contributed by atoms with Gasteiger partial charge in [-0.1, -0.05) is 84.9 Å². The van der Waals surface area contributed by atoms with E-state index in [2.05, 4.69) is 0 Å². The van der Waals surface area contributed by atoms with Crippen LogP contribution in [0.1, 0.15) is 41.4 Å². The first kappa shape index (κ1) is 32.3. The van der Waals surface area contributed by atoms with Gasteiger partial charge in [0.2, 0.25) is 0 Å². The van der Waals surface area contributed by atoms with Crippen molar-refractivity contribution < 1.29 is 39.6 Å². The predicted octanol–water partition coefficient (Wildman–Crippen LogP) is 6.14. The number of hydrogen-bond acceptors (Lipinski definition) is 8. The van der Waals surface area contributed by atoms with E-state index in [1.54, 1.807) is 48.5 Å². The van der Waals surface area contributed by atoms with Crippen LogP contribution in [0, 0.1) is 0 Å². The summed E-state index contributed by atoms with van der Waals surface area (Å²) in [6.45, 7) is 0. The van der Waals surface area contributed by atoms with E-state index in [-0.39, 0.29) is 16.3 Å². The molecule has 0 saturated heterocycles. The highest BCUT2D eigenvalue weighted by atomic mass is 16.4. The molecule has 12 nitrogen and oxygen atoms in total. The second-order valence-corrected chi connectivity index (χ2v) is 10.6. The van der Waals surface area contributed by atoms with Gasteiger partial charge in [0.1, 0.15) is 0 Å². The molecular weight excluding hydrogens is 616 g/mol. The van der Waals surface area contributed by atoms with Gasteiger partial charge in [0.05, 0.1) is 45.0 Å². The fraction of sp³-hybridized carbons (Fsp3) is 0. The summed E-state index contributed by atoms with van der Waals surface area (Å²) >= 11 is 0. The van der Waals surface area contributed by atoms with Gasteiger partial charge in [-0.3, -0.25) is 0 Å². The molecule has 6 aromatic rings. The number of hydrogen-bond donors (Lipinski definition) is 8. The highest BCUT2D eigenvalue weighted by Gasteiger charge is 2.33. The first-order valence-electron chi connectivity index (χ1n) is 14.2. The highest BCUT2D eigenvalue weighted by Crippen LogP contribution is 2.42. The summed E-state index contributed by atoms with van der Waals surface area (Å²) < 4.78 is 0. The van der Waals surface area contributed by atoms with Crippen LogP contribution in [-0.4, -0.2) is 44.3 Å². The van der Waals surface area contributed by atoms with Crippen LogP contribution in [0.5, 0.6) is 0 Å². The molecule has 0 aliphatic heterocycles. The van der Waals surface area contributed by atoms with Crippen LogP contribution >= 0.6 is 0 Å². The van der Waals surface area contributed by atoms with Gasteiger partial charge in [0.15, 0.2) is 0 Å². The monoisotopic (exact) mass is 644 g/mol. The van der Waals surface area contributed by atoms with Crippen LogP contribution in [-0.2, 0) is 0 Å². The Kier molecular flexibility index (Phi) is 8.57. The van der Waals surface area contributed by atoms with Crippen molar-refractivity contribution >= 4 is 68.2 Å². The van der Waals surface area contributed by atoms with Gasteiger partial charge in [-0.05, 0) is 39.4 Å². The van der Waals surface area contributed by atoms with Gasteiger partial charge in [0, 0.05) is 16.5 Å². The van der Waals surface area contributed by atoms with Gasteiger partial charge in [-0.25, -0.2) is 19.2 Å². The molecule has 12 N–H and O–H groups in total. The Morgan fingerprint density at radius 2 is 1.04 bits per heavy atom. The second kappa shape index (κ2) is 12.7. The summed E-state index contributed by atoms with van der Waals surface area (Å²) in [7, 11) is 0. The molecule has 6 aromatic carbocycles. The lowest BCUT2D eigenvalue weighted by Gasteiger charge is -2.19. The van der Waals surface area contributed by atoms with Crippen molar-refractivity contribution in [2.75, 3.05) is 22.9 Å². The normalized spacial score (nSPS) is 10.7. The summed E-state index contributed by atoms with van der Waals surface area (Å²) in [5, 5.41) is 40.3. The van der Waals surface area contributed by atoms with E-state index < -0.39 is 46.1 Å². The summed E-state index contributed by atoms with van der Waals surface area (Å²) in [5.41, 5.74) is 23.8. The molecule has 240 valence electrons. The molecule has 0 aliphatic rings. The molecule has 0 amide bonds. The minimum Gasteiger partial charge on any atom is -0.478 e. The lowest BCUT2D eigenvalue weighted by atomic mass is 9.83. The largest absolute Gasteiger partial charge is 0.478 e. The molecule has 0 aliphatic carbocycles. The zero-order valence-corrected chi connectivity index (χ0v) is 25.0. The molecule has 0 spiro atoms. The third-order valence-corrected chi connectivity index (χ3v) is 7.83. The Bertz CT molecular complexity index is 2300. The van der Waals surface area contributed by atoms with Gasteiger partial charge in [-0.2, -0.15) is 0 Å². The maximum atomic E-state index is 12.3. The molecule has 12 heteroatoms. The minimum atomic E-state index is -1.79. The van der Waals surface area contributed by atoms with Crippen molar-refractivity contribution in [3.05, 3.63) is 119 Å². The smallest absolute Gasteiger partial charge is 0.337 e. The maximum Gasteiger partial charge on any atom is 0.337 e. The van der Waals surface area contributed by atoms with E-state index in [9.17, 15) is 39.6 Å². The number of nitrogen functional groups attached to an aromatic ring is 4. The molecular formula is C36H28N4O8. The predicted molar refractivity (Wildman–Crippen MR) is 184 cm³/mol. The van der Waals surface area contributed by atoms with Crippen molar-refractivity contribution in [3.8, 4) is 22.3 Å². The number of fused-ring (bicyclic) bond motifs is 2.